The molecule has 2 amide bonds. The van der Waals surface area contributed by atoms with Gasteiger partial charge in [0.25, 0.3) is 0 Å². The Hall–Kier alpha value is -3.84. The van der Waals surface area contributed by atoms with Crippen molar-refractivity contribution in [2.45, 2.75) is 63.0 Å². The molecule has 2 fully saturated rings. The lowest BCUT2D eigenvalue weighted by molar-refractivity contribution is -0.409. The summed E-state index contributed by atoms with van der Waals surface area (Å²) >= 11 is 3.78. The van der Waals surface area contributed by atoms with E-state index in [9.17, 15) is 32.3 Å². The number of carboxylic acid groups (broad SMARTS) is 1. The maximum absolute atomic E-state index is 14.4. The number of hydrogen-bond acceptors (Lipinski definition) is 7. The van der Waals surface area contributed by atoms with E-state index in [4.69, 9.17) is 14.6 Å². The van der Waals surface area contributed by atoms with E-state index in [0.717, 1.165) is 28.7 Å². The van der Waals surface area contributed by atoms with E-state index < -0.39 is 39.3 Å². The third-order valence-corrected chi connectivity index (χ3v) is 10.9. The number of fused-ring (bicyclic) bond motifs is 5. The van der Waals surface area contributed by atoms with E-state index >= 15 is 0 Å². The maximum Gasteiger partial charge on any atom is 0.430 e. The number of esters is 1. The number of amides is 2. The zero-order valence-corrected chi connectivity index (χ0v) is 27.8. The largest absolute Gasteiger partial charge is 0.542 e. The fourth-order valence-electron chi connectivity index (χ4n) is 7.17. The molecule has 1 heterocycles. The number of ether oxygens (including phenoxy) is 1. The number of aliphatic carboxylic acids is 1. The van der Waals surface area contributed by atoms with Crippen molar-refractivity contribution >= 4 is 56.6 Å². The minimum Gasteiger partial charge on any atom is -0.542 e. The molecular formula is C34H36BrF3N2O7. The number of carbonyl (C=O) groups excluding carboxylic acids is 5. The zero-order chi connectivity index (χ0) is 34.9. The Morgan fingerprint density at radius 3 is 1.98 bits per heavy atom. The van der Waals surface area contributed by atoms with Gasteiger partial charge in [-0.05, 0) is 55.4 Å². The van der Waals surface area contributed by atoms with Crippen LogP contribution in [-0.2, 0) is 28.7 Å². The molecule has 1 saturated carbocycles. The van der Waals surface area contributed by atoms with Crippen LogP contribution in [0, 0.1) is 16.7 Å². The number of carboxylic acids is 1. The normalized spacial score (nSPS) is 27.0. The highest BCUT2D eigenvalue weighted by Crippen LogP contribution is 2.77. The Kier molecular flexibility index (Phi) is 10.2. The molecule has 3 N–H and O–H groups in total. The van der Waals surface area contributed by atoms with Gasteiger partial charge >= 0.3 is 12.1 Å². The van der Waals surface area contributed by atoms with Crippen molar-refractivity contribution in [3.8, 4) is 0 Å². The molecule has 13 heteroatoms. The molecule has 5 atom stereocenters. The lowest BCUT2D eigenvalue weighted by Crippen LogP contribution is -2.65. The first-order chi connectivity index (χ1) is 22.0. The first-order valence-electron chi connectivity index (χ1n) is 15.2. The van der Waals surface area contributed by atoms with Gasteiger partial charge in [-0.15, -0.1) is 0 Å². The molecule has 9 nitrogen and oxygen atoms in total. The van der Waals surface area contributed by atoms with E-state index in [0.29, 0.717) is 25.9 Å². The lowest BCUT2D eigenvalue weighted by Gasteiger charge is -2.41. The van der Waals surface area contributed by atoms with E-state index in [1.54, 1.807) is 0 Å². The number of likely N-dealkylation sites (tertiary alicyclic amines) is 1. The highest BCUT2D eigenvalue weighted by molar-refractivity contribution is 9.10. The van der Waals surface area contributed by atoms with Crippen LogP contribution in [0.4, 0.5) is 13.2 Å². The van der Waals surface area contributed by atoms with Crippen LogP contribution in [0.1, 0.15) is 57.6 Å². The van der Waals surface area contributed by atoms with Crippen molar-refractivity contribution < 1.29 is 52.7 Å². The van der Waals surface area contributed by atoms with Gasteiger partial charge in [0.05, 0.1) is 23.4 Å². The molecule has 2 aromatic carbocycles. The van der Waals surface area contributed by atoms with E-state index in [-0.39, 0.29) is 30.1 Å². The number of hydrogen-bond donors (Lipinski definition) is 1. The number of nitrogens with zero attached hydrogens (tertiary/aromatic N) is 1. The molecule has 2 aromatic rings. The van der Waals surface area contributed by atoms with Crippen molar-refractivity contribution in [3.05, 3.63) is 71.8 Å². The first-order valence-corrected chi connectivity index (χ1v) is 16.0. The number of unbranched alkanes of at least 4 members (excludes halogenated alkanes) is 1. The second-order valence-corrected chi connectivity index (χ2v) is 13.5. The predicted octanol–water partition coefficient (Wildman–Crippen LogP) is 3.36. The Morgan fingerprint density at radius 1 is 0.979 bits per heavy atom. The molecule has 2 aliphatic carbocycles. The van der Waals surface area contributed by atoms with Crippen LogP contribution in [0.25, 0.3) is 11.1 Å². The Bertz CT molecular complexity index is 1600. The maximum atomic E-state index is 14.4. The van der Waals surface area contributed by atoms with Crippen molar-refractivity contribution in [3.63, 3.8) is 0 Å². The molecule has 2 bridgehead atoms. The smallest absolute Gasteiger partial charge is 0.430 e. The number of Topliss-reactive ketones (excluding diaryl/α,β-unsaturated/α-hetero) is 1. The Balaban J connectivity index is 0.000000644. The highest BCUT2D eigenvalue weighted by atomic mass is 79.9. The fourth-order valence-corrected chi connectivity index (χ4v) is 8.42. The molecule has 1 saturated heterocycles. The van der Waals surface area contributed by atoms with Crippen LogP contribution in [0.5, 0.6) is 0 Å². The second kappa shape index (κ2) is 13.3. The monoisotopic (exact) mass is 720 g/mol. The van der Waals surface area contributed by atoms with Crippen molar-refractivity contribution in [2.24, 2.45) is 16.7 Å². The van der Waals surface area contributed by atoms with Crippen molar-refractivity contribution in [1.29, 1.82) is 0 Å². The molecule has 47 heavy (non-hydrogen) atoms. The molecule has 1 aliphatic heterocycles. The summed E-state index contributed by atoms with van der Waals surface area (Å²) in [6, 6.07) is 18.9. The van der Waals surface area contributed by atoms with E-state index in [2.05, 4.69) is 21.7 Å². The summed E-state index contributed by atoms with van der Waals surface area (Å²) in [7, 11) is 0. The summed E-state index contributed by atoms with van der Waals surface area (Å²) < 4.78 is 35.3. The summed E-state index contributed by atoms with van der Waals surface area (Å²) in [6.07, 6.45) is -2.79. The summed E-state index contributed by atoms with van der Waals surface area (Å²) in [4.78, 5) is 64.8. The SMILES string of the molecule is CCCOC(=O)[C@@H]([NH3+])CCCCN1C(=O)C2C3(C)C(=O)C(C)(C(c4ccccc4)=C3c3ccccc3)C2(Br)C1=O.O=C([O-])C(F)(F)F. The summed E-state index contributed by atoms with van der Waals surface area (Å²) in [6.45, 7) is 6.19. The van der Waals surface area contributed by atoms with Gasteiger partial charge in [0.2, 0.25) is 11.8 Å². The van der Waals surface area contributed by atoms with Gasteiger partial charge in [-0.3, -0.25) is 19.3 Å². The fraction of sp³-hybridized carbons (Fsp3) is 0.441. The molecule has 252 valence electrons. The standard InChI is InChI=1S/C32H35BrN2O5.C2HF3O2/c1-4-19-40-27(37)22(34)17-11-12-18-35-26(36)25-30(2)23(20-13-7-5-8-14-20)24(21-15-9-6-10-16-21)31(3,28(30)38)32(25,33)29(35)39;3-2(4,5)1(6)7/h5-10,13-16,22,25H,4,11-12,17-19,34H2,1-3H3;(H,6,7)/t22-,25?,30?,31?,32?;/m0./s1. The number of alkyl halides is 4. The van der Waals surface area contributed by atoms with E-state index in [1.807, 2.05) is 81.4 Å². The number of halogens is 4. The number of quaternary nitrogens is 1. The number of allylic oxidation sites excluding steroid dienone is 2. The van der Waals surface area contributed by atoms with Crippen LogP contribution in [0.2, 0.25) is 0 Å². The quantitative estimate of drug-likeness (QED) is 0.171. The number of carbonyl (C=O) groups is 5. The molecule has 3 aliphatic rings. The minimum atomic E-state index is -5.19. The lowest BCUT2D eigenvalue weighted by atomic mass is 9.63. The zero-order valence-electron chi connectivity index (χ0n) is 26.2. The van der Waals surface area contributed by atoms with Crippen LogP contribution in [0.3, 0.4) is 0 Å². The summed E-state index contributed by atoms with van der Waals surface area (Å²) in [5.74, 6) is -4.99. The topological polar surface area (TPSA) is 149 Å². The van der Waals surface area contributed by atoms with Gasteiger partial charge in [0.15, 0.2) is 11.8 Å². The van der Waals surface area contributed by atoms with Gasteiger partial charge in [-0.1, -0.05) is 83.5 Å². The molecule has 0 aromatic heterocycles. The Morgan fingerprint density at radius 2 is 1.49 bits per heavy atom. The summed E-state index contributed by atoms with van der Waals surface area (Å²) in [5, 5.41) is 8.78. The minimum absolute atomic E-state index is 0.105. The Labute approximate surface area is 278 Å². The average Bonchev–Trinajstić information content (AvgIpc) is 3.42. The second-order valence-electron chi connectivity index (χ2n) is 12.2. The molecular weight excluding hydrogens is 685 g/mol. The number of ketones is 1. The average molecular weight is 722 g/mol. The van der Waals surface area contributed by atoms with Gasteiger partial charge in [0.1, 0.15) is 10.3 Å². The molecule has 0 spiro atoms. The summed E-state index contributed by atoms with van der Waals surface area (Å²) in [5.41, 5.74) is 4.84. The molecule has 0 radical (unpaired) electrons. The predicted molar refractivity (Wildman–Crippen MR) is 166 cm³/mol. The third kappa shape index (κ3) is 5.81. The number of imide groups is 1. The first kappa shape index (κ1) is 36.0. The van der Waals surface area contributed by atoms with Crippen LogP contribution in [-0.4, -0.2) is 64.1 Å². The molecule has 4 unspecified atom stereocenters. The number of benzene rings is 2. The van der Waals surface area contributed by atoms with Crippen molar-refractivity contribution in [1.82, 2.24) is 4.90 Å². The van der Waals surface area contributed by atoms with Gasteiger partial charge in [-0.25, -0.2) is 4.79 Å². The van der Waals surface area contributed by atoms with E-state index in [1.165, 1.54) is 4.90 Å². The third-order valence-electron chi connectivity index (χ3n) is 9.29. The van der Waals surface area contributed by atoms with Crippen LogP contribution >= 0.6 is 15.9 Å². The van der Waals surface area contributed by atoms with Gasteiger partial charge in [-0.2, -0.15) is 13.2 Å². The van der Waals surface area contributed by atoms with Gasteiger partial charge in [0, 0.05) is 13.0 Å². The molecule has 5 rings (SSSR count). The van der Waals surface area contributed by atoms with Crippen molar-refractivity contribution in [2.75, 3.05) is 13.2 Å². The number of rotatable bonds is 10. The van der Waals surface area contributed by atoms with Crippen LogP contribution in [0.15, 0.2) is 60.7 Å². The van der Waals surface area contributed by atoms with Gasteiger partial charge < -0.3 is 20.4 Å². The highest BCUT2D eigenvalue weighted by Gasteiger charge is 2.85. The van der Waals surface area contributed by atoms with Crippen LogP contribution < -0.4 is 10.8 Å².